The molecule has 0 bridgehead atoms. The SMILES string of the molecule is O=S(=O)(NCC1CCCS1)c1cncc(C#CCCO)c1. The second-order valence-electron chi connectivity index (χ2n) is 4.67. The Labute approximate surface area is 129 Å². The Balaban J connectivity index is 2.05. The van der Waals surface area contributed by atoms with Crippen molar-refractivity contribution in [2.24, 2.45) is 0 Å². The molecule has 0 spiro atoms. The molecule has 1 aromatic heterocycles. The van der Waals surface area contributed by atoms with Crippen molar-refractivity contribution < 1.29 is 13.5 Å². The fraction of sp³-hybridized carbons (Fsp3) is 0.500. The van der Waals surface area contributed by atoms with Gasteiger partial charge in [-0.05, 0) is 24.7 Å². The van der Waals surface area contributed by atoms with Crippen LogP contribution in [0.1, 0.15) is 24.8 Å². The molecule has 0 saturated carbocycles. The Morgan fingerprint density at radius 3 is 3.05 bits per heavy atom. The molecule has 2 rings (SSSR count). The minimum absolute atomic E-state index is 0.0149. The van der Waals surface area contributed by atoms with Crippen LogP contribution in [-0.4, -0.2) is 42.7 Å². The van der Waals surface area contributed by atoms with Crippen LogP contribution < -0.4 is 4.72 Å². The summed E-state index contributed by atoms with van der Waals surface area (Å²) in [6, 6.07) is 1.50. The molecular formula is C14H18N2O3S2. The van der Waals surface area contributed by atoms with Gasteiger partial charge in [0, 0.05) is 36.2 Å². The third-order valence-electron chi connectivity index (χ3n) is 3.02. The van der Waals surface area contributed by atoms with Crippen molar-refractivity contribution in [2.45, 2.75) is 29.4 Å². The number of pyridine rings is 1. The maximum Gasteiger partial charge on any atom is 0.242 e. The van der Waals surface area contributed by atoms with Gasteiger partial charge in [0.1, 0.15) is 4.90 Å². The van der Waals surface area contributed by atoms with Crippen molar-refractivity contribution in [3.8, 4) is 11.8 Å². The van der Waals surface area contributed by atoms with E-state index in [0.717, 1.165) is 18.6 Å². The molecule has 21 heavy (non-hydrogen) atoms. The van der Waals surface area contributed by atoms with Gasteiger partial charge >= 0.3 is 0 Å². The van der Waals surface area contributed by atoms with Crippen LogP contribution in [0.4, 0.5) is 0 Å². The maximum atomic E-state index is 12.2. The van der Waals surface area contributed by atoms with Crippen LogP contribution in [0, 0.1) is 11.8 Å². The zero-order valence-electron chi connectivity index (χ0n) is 11.6. The zero-order chi connectivity index (χ0) is 15.1. The molecule has 1 atom stereocenters. The van der Waals surface area contributed by atoms with Crippen molar-refractivity contribution in [1.82, 2.24) is 9.71 Å². The van der Waals surface area contributed by atoms with Gasteiger partial charge in [-0.25, -0.2) is 13.1 Å². The minimum Gasteiger partial charge on any atom is -0.395 e. The number of rotatable bonds is 5. The van der Waals surface area contributed by atoms with Gasteiger partial charge in [-0.15, -0.1) is 0 Å². The van der Waals surface area contributed by atoms with E-state index in [9.17, 15) is 8.42 Å². The summed E-state index contributed by atoms with van der Waals surface area (Å²) in [5.41, 5.74) is 0.529. The molecule has 2 heterocycles. The number of sulfonamides is 1. The first-order chi connectivity index (χ1) is 10.1. The van der Waals surface area contributed by atoms with E-state index in [1.54, 1.807) is 11.8 Å². The van der Waals surface area contributed by atoms with E-state index in [-0.39, 0.29) is 11.5 Å². The van der Waals surface area contributed by atoms with E-state index in [2.05, 4.69) is 21.5 Å². The Bertz CT molecular complexity index is 629. The number of thioether (sulfide) groups is 1. The fourth-order valence-corrected chi connectivity index (χ4v) is 4.32. The van der Waals surface area contributed by atoms with Crippen LogP contribution in [0.15, 0.2) is 23.4 Å². The van der Waals surface area contributed by atoms with Crippen molar-refractivity contribution >= 4 is 21.8 Å². The summed E-state index contributed by atoms with van der Waals surface area (Å²) in [4.78, 5) is 4.05. The topological polar surface area (TPSA) is 79.3 Å². The molecule has 5 nitrogen and oxygen atoms in total. The molecule has 1 unspecified atom stereocenters. The van der Waals surface area contributed by atoms with Gasteiger partial charge in [-0.2, -0.15) is 11.8 Å². The molecule has 1 aromatic rings. The van der Waals surface area contributed by atoms with Gasteiger partial charge < -0.3 is 5.11 Å². The summed E-state index contributed by atoms with van der Waals surface area (Å²) in [5, 5.41) is 9.04. The van der Waals surface area contributed by atoms with Crippen molar-refractivity contribution in [2.75, 3.05) is 18.9 Å². The molecular weight excluding hydrogens is 308 g/mol. The van der Waals surface area contributed by atoms with Crippen LogP contribution >= 0.6 is 11.8 Å². The number of aromatic nitrogens is 1. The summed E-state index contributed by atoms with van der Waals surface area (Å²) < 4.78 is 27.1. The molecule has 0 radical (unpaired) electrons. The molecule has 1 aliphatic rings. The molecule has 1 fully saturated rings. The minimum atomic E-state index is -3.54. The largest absolute Gasteiger partial charge is 0.395 e. The predicted octanol–water partition coefficient (Wildman–Crippen LogP) is 0.989. The van der Waals surface area contributed by atoms with Gasteiger partial charge in [-0.3, -0.25) is 4.98 Å². The smallest absolute Gasteiger partial charge is 0.242 e. The van der Waals surface area contributed by atoms with Crippen LogP contribution in [-0.2, 0) is 10.0 Å². The Kier molecular flexibility index (Phi) is 6.06. The summed E-state index contributed by atoms with van der Waals surface area (Å²) in [5.74, 6) is 6.64. The molecule has 0 aliphatic carbocycles. The summed E-state index contributed by atoms with van der Waals surface area (Å²) >= 11 is 1.81. The van der Waals surface area contributed by atoms with E-state index in [1.165, 1.54) is 18.5 Å². The molecule has 1 saturated heterocycles. The molecule has 2 N–H and O–H groups in total. The molecule has 0 amide bonds. The van der Waals surface area contributed by atoms with Crippen molar-refractivity contribution in [3.05, 3.63) is 24.0 Å². The molecule has 7 heteroatoms. The highest BCUT2D eigenvalue weighted by Gasteiger charge is 2.20. The second kappa shape index (κ2) is 7.80. The summed E-state index contributed by atoms with van der Waals surface area (Å²) in [6.45, 7) is 0.437. The lowest BCUT2D eigenvalue weighted by Crippen LogP contribution is -2.30. The molecule has 0 aromatic carbocycles. The van der Waals surface area contributed by atoms with Crippen LogP contribution in [0.3, 0.4) is 0 Å². The van der Waals surface area contributed by atoms with Gasteiger partial charge in [0.2, 0.25) is 10.0 Å². The standard InChI is InChI=1S/C14H18N2O3S2/c17-6-2-1-4-12-8-14(11-15-9-12)21(18,19)16-10-13-5-3-7-20-13/h8-9,11,13,16-17H,2-3,5-7,10H2. The lowest BCUT2D eigenvalue weighted by molar-refractivity contribution is 0.305. The highest BCUT2D eigenvalue weighted by molar-refractivity contribution is 8.00. The predicted molar refractivity (Wildman–Crippen MR) is 83.5 cm³/mol. The van der Waals surface area contributed by atoms with E-state index < -0.39 is 10.0 Å². The van der Waals surface area contributed by atoms with E-state index >= 15 is 0 Å². The van der Waals surface area contributed by atoms with E-state index in [4.69, 9.17) is 5.11 Å². The Morgan fingerprint density at radius 1 is 1.48 bits per heavy atom. The molecule has 1 aliphatic heterocycles. The number of nitrogens with zero attached hydrogens (tertiary/aromatic N) is 1. The number of hydrogen-bond acceptors (Lipinski definition) is 5. The first-order valence-electron chi connectivity index (χ1n) is 6.78. The molecule has 114 valence electrons. The number of nitrogens with one attached hydrogen (secondary N) is 1. The second-order valence-corrected chi connectivity index (χ2v) is 7.85. The third-order valence-corrected chi connectivity index (χ3v) is 5.81. The average molecular weight is 326 g/mol. The maximum absolute atomic E-state index is 12.2. The van der Waals surface area contributed by atoms with Crippen molar-refractivity contribution in [3.63, 3.8) is 0 Å². The lowest BCUT2D eigenvalue weighted by atomic mass is 10.2. The van der Waals surface area contributed by atoms with Gasteiger partial charge in [0.15, 0.2) is 0 Å². The van der Waals surface area contributed by atoms with Gasteiger partial charge in [-0.1, -0.05) is 11.8 Å². The van der Waals surface area contributed by atoms with Crippen LogP contribution in [0.5, 0.6) is 0 Å². The van der Waals surface area contributed by atoms with Crippen LogP contribution in [0.2, 0.25) is 0 Å². The monoisotopic (exact) mass is 326 g/mol. The highest BCUT2D eigenvalue weighted by Crippen LogP contribution is 2.25. The fourth-order valence-electron chi connectivity index (χ4n) is 1.95. The van der Waals surface area contributed by atoms with E-state index in [0.29, 0.717) is 23.8 Å². The highest BCUT2D eigenvalue weighted by atomic mass is 32.2. The van der Waals surface area contributed by atoms with E-state index in [1.807, 2.05) is 0 Å². The number of hydrogen-bond donors (Lipinski definition) is 2. The quantitative estimate of drug-likeness (QED) is 0.789. The number of aliphatic hydroxyl groups excluding tert-OH is 1. The van der Waals surface area contributed by atoms with Gasteiger partial charge in [0.25, 0.3) is 0 Å². The average Bonchev–Trinajstić information content (AvgIpc) is 2.99. The first-order valence-corrected chi connectivity index (χ1v) is 9.31. The lowest BCUT2D eigenvalue weighted by Gasteiger charge is -2.10. The summed E-state index contributed by atoms with van der Waals surface area (Å²) in [7, 11) is -3.54. The normalized spacial score (nSPS) is 18.2. The van der Waals surface area contributed by atoms with Crippen molar-refractivity contribution in [1.29, 1.82) is 0 Å². The number of aliphatic hydroxyl groups is 1. The van der Waals surface area contributed by atoms with Crippen LogP contribution in [0.25, 0.3) is 0 Å². The van der Waals surface area contributed by atoms with Gasteiger partial charge in [0.05, 0.1) is 6.61 Å². The Morgan fingerprint density at radius 2 is 2.33 bits per heavy atom. The third kappa shape index (κ3) is 5.00. The zero-order valence-corrected chi connectivity index (χ0v) is 13.2. The first kappa shape index (κ1) is 16.3. The Hall–Kier alpha value is -1.07. The summed E-state index contributed by atoms with van der Waals surface area (Å²) in [6.07, 6.45) is 5.39.